The third-order valence-electron chi connectivity index (χ3n) is 2.44. The molecule has 17 heavy (non-hydrogen) atoms. The van der Waals surface area contributed by atoms with E-state index in [-0.39, 0.29) is 5.75 Å². The number of methoxy groups -OCH3 is 1. The van der Waals surface area contributed by atoms with E-state index in [1.54, 1.807) is 24.7 Å². The summed E-state index contributed by atoms with van der Waals surface area (Å²) >= 11 is 0. The highest BCUT2D eigenvalue weighted by Gasteiger charge is 2.02. The zero-order valence-corrected chi connectivity index (χ0v) is 9.60. The second-order valence-electron chi connectivity index (χ2n) is 3.69. The van der Waals surface area contributed by atoms with Crippen LogP contribution in [0.2, 0.25) is 0 Å². The average molecular weight is 233 g/mol. The fourth-order valence-corrected chi connectivity index (χ4v) is 1.57. The maximum Gasteiger partial charge on any atom is 0.160 e. The van der Waals surface area contributed by atoms with E-state index in [4.69, 9.17) is 4.74 Å². The van der Waals surface area contributed by atoms with Crippen LogP contribution < -0.4 is 10.1 Å². The number of aromatic nitrogens is 2. The summed E-state index contributed by atoms with van der Waals surface area (Å²) in [6.07, 6.45) is 3.43. The lowest BCUT2D eigenvalue weighted by Crippen LogP contribution is -2.12. The Kier molecular flexibility index (Phi) is 3.62. The predicted molar refractivity (Wildman–Crippen MR) is 63.8 cm³/mol. The van der Waals surface area contributed by atoms with E-state index in [2.05, 4.69) is 15.3 Å². The van der Waals surface area contributed by atoms with Crippen molar-refractivity contribution in [2.75, 3.05) is 7.11 Å². The number of H-pyrrole nitrogens is 1. The third kappa shape index (κ3) is 2.98. The van der Waals surface area contributed by atoms with E-state index in [1.165, 1.54) is 7.11 Å². The number of imidazole rings is 1. The number of nitrogens with zero attached hydrogens (tertiary/aromatic N) is 1. The first-order valence-corrected chi connectivity index (χ1v) is 5.33. The van der Waals surface area contributed by atoms with Crippen molar-refractivity contribution >= 4 is 0 Å². The van der Waals surface area contributed by atoms with Crippen molar-refractivity contribution in [3.63, 3.8) is 0 Å². The molecule has 0 bridgehead atoms. The lowest BCUT2D eigenvalue weighted by atomic mass is 10.2. The Hall–Kier alpha value is -2.01. The highest BCUT2D eigenvalue weighted by Crippen LogP contribution is 2.25. The monoisotopic (exact) mass is 233 g/mol. The van der Waals surface area contributed by atoms with Gasteiger partial charge in [0, 0.05) is 25.0 Å². The fourth-order valence-electron chi connectivity index (χ4n) is 1.57. The number of benzene rings is 1. The van der Waals surface area contributed by atoms with Crippen LogP contribution in [0.1, 0.15) is 11.3 Å². The fraction of sp³-hybridized carbons (Fsp3) is 0.250. The molecule has 0 saturated carbocycles. The SMILES string of the molecule is COc1ccc(CNCc2cnc[nH]2)cc1O. The molecule has 0 unspecified atom stereocenters. The molecule has 0 saturated heterocycles. The summed E-state index contributed by atoms with van der Waals surface area (Å²) in [6, 6.07) is 5.36. The zero-order chi connectivity index (χ0) is 12.1. The van der Waals surface area contributed by atoms with Gasteiger partial charge in [0.15, 0.2) is 11.5 Å². The molecule has 1 heterocycles. The second-order valence-corrected chi connectivity index (χ2v) is 3.69. The zero-order valence-electron chi connectivity index (χ0n) is 9.60. The quantitative estimate of drug-likeness (QED) is 0.730. The molecule has 2 rings (SSSR count). The molecule has 3 N–H and O–H groups in total. The summed E-state index contributed by atoms with van der Waals surface area (Å²) in [5, 5.41) is 12.9. The van der Waals surface area contributed by atoms with Crippen LogP contribution >= 0.6 is 0 Å². The Bertz CT molecular complexity index is 469. The first kappa shape index (κ1) is 11.5. The van der Waals surface area contributed by atoms with Gasteiger partial charge in [-0.15, -0.1) is 0 Å². The molecule has 0 aliphatic rings. The van der Waals surface area contributed by atoms with Gasteiger partial charge in [-0.3, -0.25) is 0 Å². The van der Waals surface area contributed by atoms with E-state index < -0.39 is 0 Å². The van der Waals surface area contributed by atoms with E-state index in [1.807, 2.05) is 6.07 Å². The predicted octanol–water partition coefficient (Wildman–Crippen LogP) is 1.41. The number of ether oxygens (including phenoxy) is 1. The highest BCUT2D eigenvalue weighted by molar-refractivity contribution is 5.41. The summed E-state index contributed by atoms with van der Waals surface area (Å²) in [5.41, 5.74) is 2.03. The van der Waals surface area contributed by atoms with Crippen molar-refractivity contribution in [1.82, 2.24) is 15.3 Å². The number of aromatic hydroxyl groups is 1. The Morgan fingerprint density at radius 1 is 1.41 bits per heavy atom. The Balaban J connectivity index is 1.89. The molecule has 1 aromatic carbocycles. The lowest BCUT2D eigenvalue weighted by Gasteiger charge is -2.07. The summed E-state index contributed by atoms with van der Waals surface area (Å²) in [4.78, 5) is 6.94. The summed E-state index contributed by atoms with van der Waals surface area (Å²) in [6.45, 7) is 1.39. The molecule has 2 aromatic rings. The second kappa shape index (κ2) is 5.36. The standard InChI is InChI=1S/C12H15N3O2/c1-17-12-3-2-9(4-11(12)16)5-13-6-10-7-14-8-15-10/h2-4,7-8,13,16H,5-6H2,1H3,(H,14,15). The van der Waals surface area contributed by atoms with Gasteiger partial charge in [-0.2, -0.15) is 0 Å². The minimum atomic E-state index is 0.161. The van der Waals surface area contributed by atoms with Crippen molar-refractivity contribution in [2.45, 2.75) is 13.1 Å². The molecule has 0 fully saturated rings. The number of rotatable bonds is 5. The molecular formula is C12H15N3O2. The smallest absolute Gasteiger partial charge is 0.160 e. The van der Waals surface area contributed by atoms with Gasteiger partial charge in [0.05, 0.1) is 13.4 Å². The van der Waals surface area contributed by atoms with Gasteiger partial charge in [-0.1, -0.05) is 6.07 Å². The minimum absolute atomic E-state index is 0.161. The van der Waals surface area contributed by atoms with Crippen molar-refractivity contribution < 1.29 is 9.84 Å². The van der Waals surface area contributed by atoms with Gasteiger partial charge in [0.1, 0.15) is 0 Å². The van der Waals surface area contributed by atoms with Crippen molar-refractivity contribution in [2.24, 2.45) is 0 Å². The molecule has 1 aromatic heterocycles. The van der Waals surface area contributed by atoms with Crippen molar-refractivity contribution in [3.05, 3.63) is 42.0 Å². The number of phenols is 1. The highest BCUT2D eigenvalue weighted by atomic mass is 16.5. The van der Waals surface area contributed by atoms with E-state index in [0.29, 0.717) is 18.8 Å². The van der Waals surface area contributed by atoms with Crippen LogP contribution in [-0.2, 0) is 13.1 Å². The largest absolute Gasteiger partial charge is 0.504 e. The Labute approximate surface area is 99.5 Å². The first-order chi connectivity index (χ1) is 8.29. The normalized spacial score (nSPS) is 10.4. The van der Waals surface area contributed by atoms with Crippen molar-refractivity contribution in [1.29, 1.82) is 0 Å². The number of phenolic OH excluding ortho intramolecular Hbond substituents is 1. The maximum atomic E-state index is 9.61. The van der Waals surface area contributed by atoms with E-state index in [0.717, 1.165) is 11.3 Å². The third-order valence-corrected chi connectivity index (χ3v) is 2.44. The van der Waals surface area contributed by atoms with Gasteiger partial charge < -0.3 is 20.1 Å². The molecule has 0 radical (unpaired) electrons. The first-order valence-electron chi connectivity index (χ1n) is 5.33. The summed E-state index contributed by atoms with van der Waals surface area (Å²) in [7, 11) is 1.53. The topological polar surface area (TPSA) is 70.2 Å². The van der Waals surface area contributed by atoms with Crippen LogP contribution in [0.15, 0.2) is 30.7 Å². The molecule has 0 atom stereocenters. The minimum Gasteiger partial charge on any atom is -0.504 e. The molecular weight excluding hydrogens is 218 g/mol. The Morgan fingerprint density at radius 2 is 2.29 bits per heavy atom. The van der Waals surface area contributed by atoms with Crippen LogP contribution in [0.4, 0.5) is 0 Å². The molecule has 5 nitrogen and oxygen atoms in total. The maximum absolute atomic E-state index is 9.61. The molecule has 0 amide bonds. The van der Waals surface area contributed by atoms with Crippen LogP contribution in [0.3, 0.4) is 0 Å². The average Bonchev–Trinajstić information content (AvgIpc) is 2.82. The van der Waals surface area contributed by atoms with Gasteiger partial charge in [0.25, 0.3) is 0 Å². The lowest BCUT2D eigenvalue weighted by molar-refractivity contribution is 0.373. The van der Waals surface area contributed by atoms with Crippen LogP contribution in [0, 0.1) is 0 Å². The molecule has 0 spiro atoms. The van der Waals surface area contributed by atoms with Crippen molar-refractivity contribution in [3.8, 4) is 11.5 Å². The van der Waals surface area contributed by atoms with Gasteiger partial charge in [-0.25, -0.2) is 4.98 Å². The van der Waals surface area contributed by atoms with Gasteiger partial charge >= 0.3 is 0 Å². The number of nitrogens with one attached hydrogen (secondary N) is 2. The van der Waals surface area contributed by atoms with Crippen LogP contribution in [0.5, 0.6) is 11.5 Å². The summed E-state index contributed by atoms with van der Waals surface area (Å²) < 4.78 is 4.98. The molecule has 0 aliphatic carbocycles. The van der Waals surface area contributed by atoms with Gasteiger partial charge in [0.2, 0.25) is 0 Å². The summed E-state index contributed by atoms with van der Waals surface area (Å²) in [5.74, 6) is 0.649. The van der Waals surface area contributed by atoms with Crippen LogP contribution in [0.25, 0.3) is 0 Å². The van der Waals surface area contributed by atoms with Gasteiger partial charge in [-0.05, 0) is 17.7 Å². The number of hydrogen-bond donors (Lipinski definition) is 3. The Morgan fingerprint density at radius 3 is 2.94 bits per heavy atom. The molecule has 90 valence electrons. The molecule has 0 aliphatic heterocycles. The van der Waals surface area contributed by atoms with E-state index >= 15 is 0 Å². The number of aromatic amines is 1. The molecule has 5 heteroatoms. The number of hydrogen-bond acceptors (Lipinski definition) is 4. The van der Waals surface area contributed by atoms with Crippen LogP contribution in [-0.4, -0.2) is 22.2 Å². The van der Waals surface area contributed by atoms with E-state index in [9.17, 15) is 5.11 Å².